The third-order valence-corrected chi connectivity index (χ3v) is 4.56. The summed E-state index contributed by atoms with van der Waals surface area (Å²) < 4.78 is 17.1. The van der Waals surface area contributed by atoms with Gasteiger partial charge in [-0.25, -0.2) is 0 Å². The summed E-state index contributed by atoms with van der Waals surface area (Å²) in [6.45, 7) is 6.15. The summed E-state index contributed by atoms with van der Waals surface area (Å²) in [7, 11) is 4.05. The number of carbonyl (C=O) groups excluding carboxylic acids is 1. The fourth-order valence-electron chi connectivity index (χ4n) is 3.08. The molecule has 1 saturated heterocycles. The first-order valence-corrected chi connectivity index (χ1v) is 9.99. The van der Waals surface area contributed by atoms with Gasteiger partial charge in [0.1, 0.15) is 0 Å². The number of benzene rings is 1. The topological polar surface area (TPSA) is 51.2 Å². The number of hydrogen-bond acceptors (Lipinski definition) is 5. The minimum atomic E-state index is 0.175. The second-order valence-corrected chi connectivity index (χ2v) is 7.11. The van der Waals surface area contributed by atoms with Gasteiger partial charge in [-0.15, -0.1) is 0 Å². The minimum Gasteiger partial charge on any atom is -0.490 e. The van der Waals surface area contributed by atoms with Gasteiger partial charge >= 0.3 is 0 Å². The highest BCUT2D eigenvalue weighted by molar-refractivity contribution is 5.76. The van der Waals surface area contributed by atoms with E-state index in [0.717, 1.165) is 44.0 Å². The molecule has 1 aliphatic rings. The second-order valence-electron chi connectivity index (χ2n) is 7.11. The molecule has 1 aliphatic heterocycles. The molecule has 0 radical (unpaired) electrons. The summed E-state index contributed by atoms with van der Waals surface area (Å²) in [4.78, 5) is 16.7. The summed E-state index contributed by atoms with van der Waals surface area (Å²) in [5.41, 5.74) is 0. The zero-order chi connectivity index (χ0) is 19.5. The number of para-hydroxylation sites is 2. The maximum absolute atomic E-state index is 12.7. The standard InChI is InChI=1S/C21H34N2O4/c1-4-25-19-10-5-6-11-20(19)27-16-8-12-21(24)23(14-13-22(2)3)17-18-9-7-15-26-18/h5-6,10-11,18H,4,7-9,12-17H2,1-3H3/t18-/m0/s1. The van der Waals surface area contributed by atoms with Crippen molar-refractivity contribution in [1.29, 1.82) is 0 Å². The van der Waals surface area contributed by atoms with Crippen molar-refractivity contribution in [2.24, 2.45) is 0 Å². The molecular weight excluding hydrogens is 344 g/mol. The maximum Gasteiger partial charge on any atom is 0.222 e. The Kier molecular flexibility index (Phi) is 9.42. The van der Waals surface area contributed by atoms with Gasteiger partial charge < -0.3 is 24.0 Å². The lowest BCUT2D eigenvalue weighted by molar-refractivity contribution is -0.133. The molecular formula is C21H34N2O4. The van der Waals surface area contributed by atoms with E-state index in [4.69, 9.17) is 14.2 Å². The molecule has 27 heavy (non-hydrogen) atoms. The lowest BCUT2D eigenvalue weighted by atomic mass is 10.2. The predicted molar refractivity (Wildman–Crippen MR) is 106 cm³/mol. The zero-order valence-corrected chi connectivity index (χ0v) is 17.0. The second kappa shape index (κ2) is 11.8. The van der Waals surface area contributed by atoms with Gasteiger partial charge in [0.15, 0.2) is 11.5 Å². The van der Waals surface area contributed by atoms with Crippen LogP contribution in [-0.4, -0.2) is 75.4 Å². The van der Waals surface area contributed by atoms with E-state index in [-0.39, 0.29) is 12.0 Å². The molecule has 0 aromatic heterocycles. The van der Waals surface area contributed by atoms with Gasteiger partial charge in [-0.1, -0.05) is 12.1 Å². The Morgan fingerprint density at radius 1 is 1.19 bits per heavy atom. The van der Waals surface area contributed by atoms with Crippen molar-refractivity contribution in [3.63, 3.8) is 0 Å². The molecule has 0 aliphatic carbocycles. The average molecular weight is 379 g/mol. The number of rotatable bonds is 12. The minimum absolute atomic E-state index is 0.175. The molecule has 6 heteroatoms. The molecule has 0 saturated carbocycles. The molecule has 152 valence electrons. The van der Waals surface area contributed by atoms with Crippen LogP contribution in [0.2, 0.25) is 0 Å². The molecule has 1 aromatic rings. The fraction of sp³-hybridized carbons (Fsp3) is 0.667. The Morgan fingerprint density at radius 2 is 1.93 bits per heavy atom. The fourth-order valence-corrected chi connectivity index (χ4v) is 3.08. The number of amides is 1. The Morgan fingerprint density at radius 3 is 2.56 bits per heavy atom. The van der Waals surface area contributed by atoms with E-state index in [1.54, 1.807) is 0 Å². The van der Waals surface area contributed by atoms with Crippen molar-refractivity contribution in [3.8, 4) is 11.5 Å². The summed E-state index contributed by atoms with van der Waals surface area (Å²) in [6.07, 6.45) is 3.49. The van der Waals surface area contributed by atoms with Gasteiger partial charge in [0, 0.05) is 32.7 Å². The molecule has 0 bridgehead atoms. The van der Waals surface area contributed by atoms with Crippen LogP contribution < -0.4 is 9.47 Å². The summed E-state index contributed by atoms with van der Waals surface area (Å²) in [6, 6.07) is 7.64. The van der Waals surface area contributed by atoms with Crippen LogP contribution in [0.25, 0.3) is 0 Å². The highest BCUT2D eigenvalue weighted by Gasteiger charge is 2.22. The Balaban J connectivity index is 1.78. The van der Waals surface area contributed by atoms with E-state index >= 15 is 0 Å². The van der Waals surface area contributed by atoms with Crippen LogP contribution >= 0.6 is 0 Å². The van der Waals surface area contributed by atoms with Gasteiger partial charge in [-0.3, -0.25) is 4.79 Å². The normalized spacial score (nSPS) is 16.5. The van der Waals surface area contributed by atoms with Crippen molar-refractivity contribution in [1.82, 2.24) is 9.80 Å². The number of likely N-dealkylation sites (N-methyl/N-ethyl adjacent to an activating group) is 1. The number of hydrogen-bond donors (Lipinski definition) is 0. The quantitative estimate of drug-likeness (QED) is 0.524. The van der Waals surface area contributed by atoms with E-state index in [2.05, 4.69) is 4.90 Å². The van der Waals surface area contributed by atoms with Crippen LogP contribution in [0.15, 0.2) is 24.3 Å². The Labute approximate surface area is 163 Å². The molecule has 1 aromatic carbocycles. The van der Waals surface area contributed by atoms with Crippen LogP contribution in [0.4, 0.5) is 0 Å². The molecule has 6 nitrogen and oxygen atoms in total. The lowest BCUT2D eigenvalue weighted by Gasteiger charge is -2.27. The van der Waals surface area contributed by atoms with Gasteiger partial charge in [0.25, 0.3) is 0 Å². The third-order valence-electron chi connectivity index (χ3n) is 4.56. The Hall–Kier alpha value is -1.79. The summed E-state index contributed by atoms with van der Waals surface area (Å²) in [5, 5.41) is 0. The van der Waals surface area contributed by atoms with Crippen LogP contribution in [-0.2, 0) is 9.53 Å². The van der Waals surface area contributed by atoms with Crippen molar-refractivity contribution in [2.45, 2.75) is 38.7 Å². The number of carbonyl (C=O) groups is 1. The van der Waals surface area contributed by atoms with Crippen LogP contribution in [0, 0.1) is 0 Å². The molecule has 1 heterocycles. The van der Waals surface area contributed by atoms with E-state index in [9.17, 15) is 4.79 Å². The van der Waals surface area contributed by atoms with Crippen molar-refractivity contribution >= 4 is 5.91 Å². The van der Waals surface area contributed by atoms with Crippen LogP contribution in [0.5, 0.6) is 11.5 Å². The predicted octanol–water partition coefficient (Wildman–Crippen LogP) is 2.81. The van der Waals surface area contributed by atoms with E-state index in [1.165, 1.54) is 0 Å². The summed E-state index contributed by atoms with van der Waals surface area (Å²) in [5.74, 6) is 1.65. The molecule has 2 rings (SSSR count). The van der Waals surface area contributed by atoms with Crippen molar-refractivity contribution in [2.75, 3.05) is 53.6 Å². The maximum atomic E-state index is 12.7. The average Bonchev–Trinajstić information content (AvgIpc) is 3.16. The van der Waals surface area contributed by atoms with Gasteiger partial charge in [0.05, 0.1) is 19.3 Å². The molecule has 0 N–H and O–H groups in total. The van der Waals surface area contributed by atoms with Gasteiger partial charge in [-0.2, -0.15) is 0 Å². The van der Waals surface area contributed by atoms with Gasteiger partial charge in [0.2, 0.25) is 5.91 Å². The zero-order valence-electron chi connectivity index (χ0n) is 17.0. The number of nitrogens with zero attached hydrogens (tertiary/aromatic N) is 2. The smallest absolute Gasteiger partial charge is 0.222 e. The first-order valence-electron chi connectivity index (χ1n) is 9.99. The molecule has 1 fully saturated rings. The van der Waals surface area contributed by atoms with Crippen LogP contribution in [0.1, 0.15) is 32.6 Å². The monoisotopic (exact) mass is 378 g/mol. The van der Waals surface area contributed by atoms with E-state index < -0.39 is 0 Å². The largest absolute Gasteiger partial charge is 0.490 e. The van der Waals surface area contributed by atoms with E-state index in [0.29, 0.717) is 32.6 Å². The SMILES string of the molecule is CCOc1ccccc1OCCCC(=O)N(CCN(C)C)C[C@@H]1CCCO1. The first-order chi connectivity index (χ1) is 13.1. The highest BCUT2D eigenvalue weighted by atomic mass is 16.5. The van der Waals surface area contributed by atoms with Gasteiger partial charge in [-0.05, 0) is 52.4 Å². The third kappa shape index (κ3) is 7.77. The summed E-state index contributed by atoms with van der Waals surface area (Å²) >= 11 is 0. The van der Waals surface area contributed by atoms with Crippen molar-refractivity contribution in [3.05, 3.63) is 24.3 Å². The highest BCUT2D eigenvalue weighted by Crippen LogP contribution is 2.26. The lowest BCUT2D eigenvalue weighted by Crippen LogP contribution is -2.41. The van der Waals surface area contributed by atoms with Crippen molar-refractivity contribution < 1.29 is 19.0 Å². The molecule has 1 amide bonds. The molecule has 1 atom stereocenters. The van der Waals surface area contributed by atoms with E-state index in [1.807, 2.05) is 50.2 Å². The first kappa shape index (κ1) is 21.5. The van der Waals surface area contributed by atoms with Crippen LogP contribution in [0.3, 0.4) is 0 Å². The Bertz CT molecular complexity index is 559. The molecule has 0 unspecified atom stereocenters. The number of ether oxygens (including phenoxy) is 3. The molecule has 0 spiro atoms.